The number of anilines is 1. The molecule has 4 rings (SSSR count). The highest BCUT2D eigenvalue weighted by atomic mass is 35.5. The zero-order valence-corrected chi connectivity index (χ0v) is 13.0. The number of halogens is 1. The van der Waals surface area contributed by atoms with Crippen molar-refractivity contribution in [3.05, 3.63) is 80.9 Å². The fourth-order valence-electron chi connectivity index (χ4n) is 3.74. The molecule has 0 radical (unpaired) electrons. The van der Waals surface area contributed by atoms with E-state index in [9.17, 15) is 10.1 Å². The second-order valence-corrected chi connectivity index (χ2v) is 6.44. The van der Waals surface area contributed by atoms with Gasteiger partial charge in [0, 0.05) is 18.1 Å². The van der Waals surface area contributed by atoms with Crippen LogP contribution in [0.5, 0.6) is 0 Å². The molecule has 1 N–H and O–H groups in total. The van der Waals surface area contributed by atoms with Crippen molar-refractivity contribution in [3.63, 3.8) is 0 Å². The van der Waals surface area contributed by atoms with Gasteiger partial charge in [0.05, 0.1) is 21.7 Å². The minimum Gasteiger partial charge on any atom is -0.376 e. The fraction of sp³-hybridized carbons (Fsp3) is 0.222. The van der Waals surface area contributed by atoms with E-state index in [2.05, 4.69) is 29.6 Å². The van der Waals surface area contributed by atoms with Crippen LogP contribution in [0.15, 0.2) is 54.6 Å². The zero-order chi connectivity index (χ0) is 16.0. The predicted molar refractivity (Wildman–Crippen MR) is 90.9 cm³/mol. The van der Waals surface area contributed by atoms with Gasteiger partial charge < -0.3 is 5.32 Å². The molecule has 2 aromatic rings. The quantitative estimate of drug-likeness (QED) is 0.476. The number of hydrogen-bond donors (Lipinski definition) is 1. The normalized spacial score (nSPS) is 24.7. The monoisotopic (exact) mass is 326 g/mol. The number of fused-ring (bicyclic) bond motifs is 3. The van der Waals surface area contributed by atoms with Crippen molar-refractivity contribution in [2.24, 2.45) is 5.92 Å². The lowest BCUT2D eigenvalue weighted by Gasteiger charge is -2.37. The third-order valence-corrected chi connectivity index (χ3v) is 5.07. The number of allylic oxidation sites excluding steroid dienone is 2. The zero-order valence-electron chi connectivity index (χ0n) is 12.3. The topological polar surface area (TPSA) is 55.2 Å². The Kier molecular flexibility index (Phi) is 3.34. The van der Waals surface area contributed by atoms with Crippen LogP contribution < -0.4 is 5.32 Å². The lowest BCUT2D eigenvalue weighted by Crippen LogP contribution is -2.29. The first-order valence-electron chi connectivity index (χ1n) is 7.61. The van der Waals surface area contributed by atoms with Gasteiger partial charge in [-0.3, -0.25) is 10.1 Å². The van der Waals surface area contributed by atoms with Crippen molar-refractivity contribution in [2.75, 3.05) is 5.32 Å². The number of nitrogens with zero attached hydrogens (tertiary/aromatic N) is 1. The summed E-state index contributed by atoms with van der Waals surface area (Å²) in [6.07, 6.45) is 5.27. The Labute approximate surface area is 138 Å². The second-order valence-electron chi connectivity index (χ2n) is 6.04. The summed E-state index contributed by atoms with van der Waals surface area (Å²) < 4.78 is 0. The first-order chi connectivity index (χ1) is 11.1. The molecule has 23 heavy (non-hydrogen) atoms. The standard InChI is InChI=1S/C18H15ClN2O2/c19-16-10-12(21(22)23)9-15-13-7-4-8-14(13)17(20-18(15)16)11-5-2-1-3-6-11/h1-7,9-10,13-14,17,20H,8H2/t13-,14-,17+/m1/s1. The highest BCUT2D eigenvalue weighted by Gasteiger charge is 2.39. The molecule has 5 heteroatoms. The van der Waals surface area contributed by atoms with Crippen LogP contribution in [0.4, 0.5) is 11.4 Å². The van der Waals surface area contributed by atoms with Gasteiger partial charge in [-0.1, -0.05) is 54.1 Å². The summed E-state index contributed by atoms with van der Waals surface area (Å²) in [5.74, 6) is 0.511. The van der Waals surface area contributed by atoms with Crippen molar-refractivity contribution in [3.8, 4) is 0 Å². The molecule has 0 saturated carbocycles. The third-order valence-electron chi connectivity index (χ3n) is 4.78. The number of nitro groups is 1. The molecule has 0 fully saturated rings. The number of rotatable bonds is 2. The van der Waals surface area contributed by atoms with Crippen LogP contribution in [-0.4, -0.2) is 4.92 Å². The summed E-state index contributed by atoms with van der Waals surface area (Å²) in [6, 6.07) is 13.5. The average Bonchev–Trinajstić information content (AvgIpc) is 3.04. The van der Waals surface area contributed by atoms with Gasteiger partial charge in [0.15, 0.2) is 0 Å². The van der Waals surface area contributed by atoms with E-state index in [0.717, 1.165) is 17.7 Å². The molecule has 2 aromatic carbocycles. The first kappa shape index (κ1) is 14.3. The second kappa shape index (κ2) is 5.39. The first-order valence-corrected chi connectivity index (χ1v) is 7.99. The van der Waals surface area contributed by atoms with Crippen molar-refractivity contribution in [1.29, 1.82) is 0 Å². The van der Waals surface area contributed by atoms with Gasteiger partial charge in [0.2, 0.25) is 0 Å². The lowest BCUT2D eigenvalue weighted by molar-refractivity contribution is -0.384. The number of benzene rings is 2. The Morgan fingerprint density at radius 2 is 2.00 bits per heavy atom. The molecule has 0 unspecified atom stereocenters. The van der Waals surface area contributed by atoms with E-state index in [1.807, 2.05) is 18.2 Å². The molecule has 1 heterocycles. The Hall–Kier alpha value is -2.33. The lowest BCUT2D eigenvalue weighted by atomic mass is 9.77. The summed E-state index contributed by atoms with van der Waals surface area (Å²) >= 11 is 6.34. The highest BCUT2D eigenvalue weighted by Crippen LogP contribution is 2.52. The fourth-order valence-corrected chi connectivity index (χ4v) is 4.01. The van der Waals surface area contributed by atoms with Crippen molar-refractivity contribution < 1.29 is 4.92 Å². The van der Waals surface area contributed by atoms with Gasteiger partial charge in [-0.2, -0.15) is 0 Å². The van der Waals surface area contributed by atoms with Gasteiger partial charge in [-0.25, -0.2) is 0 Å². The molecular weight excluding hydrogens is 312 g/mol. The van der Waals surface area contributed by atoms with Gasteiger partial charge in [0.1, 0.15) is 0 Å². The van der Waals surface area contributed by atoms with Crippen LogP contribution in [0, 0.1) is 16.0 Å². The number of hydrogen-bond acceptors (Lipinski definition) is 3. The van der Waals surface area contributed by atoms with E-state index < -0.39 is 0 Å². The van der Waals surface area contributed by atoms with E-state index in [-0.39, 0.29) is 22.6 Å². The average molecular weight is 327 g/mol. The maximum Gasteiger partial charge on any atom is 0.271 e. The SMILES string of the molecule is O=[N+]([O-])c1cc(Cl)c2c(c1)[C@@H]1C=CC[C@H]1[C@H](c1ccccc1)N2. The van der Waals surface area contributed by atoms with E-state index >= 15 is 0 Å². The van der Waals surface area contributed by atoms with Crippen LogP contribution >= 0.6 is 11.6 Å². The molecule has 0 spiro atoms. The Morgan fingerprint density at radius 1 is 1.22 bits per heavy atom. The summed E-state index contributed by atoms with van der Waals surface area (Å²) in [6.45, 7) is 0. The molecule has 1 aliphatic heterocycles. The summed E-state index contributed by atoms with van der Waals surface area (Å²) in [7, 11) is 0. The van der Waals surface area contributed by atoms with Gasteiger partial charge >= 0.3 is 0 Å². The predicted octanol–water partition coefficient (Wildman–Crippen LogP) is 5.07. The van der Waals surface area contributed by atoms with E-state index in [1.54, 1.807) is 6.07 Å². The molecule has 2 aliphatic rings. The van der Waals surface area contributed by atoms with Crippen LogP contribution in [0.2, 0.25) is 5.02 Å². The van der Waals surface area contributed by atoms with E-state index in [1.165, 1.54) is 11.6 Å². The van der Waals surface area contributed by atoms with Crippen LogP contribution in [0.3, 0.4) is 0 Å². The highest BCUT2D eigenvalue weighted by molar-refractivity contribution is 6.33. The maximum absolute atomic E-state index is 11.1. The van der Waals surface area contributed by atoms with Crippen LogP contribution in [0.1, 0.15) is 29.5 Å². The minimum atomic E-state index is -0.386. The molecule has 1 aliphatic carbocycles. The van der Waals surface area contributed by atoms with E-state index in [0.29, 0.717) is 10.9 Å². The van der Waals surface area contributed by atoms with E-state index in [4.69, 9.17) is 11.6 Å². The Bertz CT molecular complexity index is 804. The molecule has 3 atom stereocenters. The summed E-state index contributed by atoms with van der Waals surface area (Å²) in [5, 5.41) is 15.1. The van der Waals surface area contributed by atoms with Gasteiger partial charge in [-0.05, 0) is 23.5 Å². The third kappa shape index (κ3) is 2.30. The summed E-state index contributed by atoms with van der Waals surface area (Å²) in [4.78, 5) is 10.7. The molecular formula is C18H15ClN2O2. The molecule has 0 aromatic heterocycles. The van der Waals surface area contributed by atoms with Gasteiger partial charge in [0.25, 0.3) is 5.69 Å². The molecule has 116 valence electrons. The maximum atomic E-state index is 11.1. The van der Waals surface area contributed by atoms with Crippen molar-refractivity contribution >= 4 is 23.0 Å². The van der Waals surface area contributed by atoms with Crippen LogP contribution in [0.25, 0.3) is 0 Å². The number of nitrogens with one attached hydrogen (secondary N) is 1. The Morgan fingerprint density at radius 3 is 2.74 bits per heavy atom. The van der Waals surface area contributed by atoms with Crippen molar-refractivity contribution in [1.82, 2.24) is 0 Å². The molecule has 4 nitrogen and oxygen atoms in total. The number of nitro benzene ring substituents is 1. The number of non-ortho nitro benzene ring substituents is 1. The molecule has 0 saturated heterocycles. The van der Waals surface area contributed by atoms with Crippen molar-refractivity contribution in [2.45, 2.75) is 18.4 Å². The molecule has 0 bridgehead atoms. The smallest absolute Gasteiger partial charge is 0.271 e. The Balaban J connectivity index is 1.84. The molecule has 0 amide bonds. The summed E-state index contributed by atoms with van der Waals surface area (Å²) in [5.41, 5.74) is 3.01. The van der Waals surface area contributed by atoms with Crippen LogP contribution in [-0.2, 0) is 0 Å². The largest absolute Gasteiger partial charge is 0.376 e. The minimum absolute atomic E-state index is 0.0489. The van der Waals surface area contributed by atoms with Gasteiger partial charge in [-0.15, -0.1) is 0 Å².